The molecule has 7 nitrogen and oxygen atoms in total. The summed E-state index contributed by atoms with van der Waals surface area (Å²) in [7, 11) is 3.06. The average Bonchev–Trinajstić information content (AvgIpc) is 3.26. The molecule has 10 heteroatoms. The first-order chi connectivity index (χ1) is 16.5. The molecule has 1 heterocycles. The molecule has 0 aliphatic carbocycles. The largest absolute Gasteiger partial charge is 0.493 e. The lowest BCUT2D eigenvalue weighted by atomic mass is 10.2. The fraction of sp³-hybridized carbons (Fsp3) is 0.125. The monoisotopic (exact) mass is 498 g/mol. The third-order valence-electron chi connectivity index (χ3n) is 4.84. The number of nitrogens with one attached hydrogen (secondary N) is 1. The van der Waals surface area contributed by atoms with Crippen LogP contribution in [-0.4, -0.2) is 40.6 Å². The number of carbonyl (C=O) groups excluding carboxylic acids is 1. The minimum absolute atomic E-state index is 0.0173. The van der Waals surface area contributed by atoms with Gasteiger partial charge in [0.2, 0.25) is 5.91 Å². The van der Waals surface area contributed by atoms with E-state index in [1.165, 1.54) is 20.3 Å². The third kappa shape index (κ3) is 5.00. The van der Waals surface area contributed by atoms with Gasteiger partial charge < -0.3 is 14.8 Å². The van der Waals surface area contributed by atoms with E-state index >= 15 is 0 Å². The predicted molar refractivity (Wildman–Crippen MR) is 131 cm³/mol. The zero-order valence-corrected chi connectivity index (χ0v) is 19.9. The molecule has 0 unspecified atom stereocenters. The molecule has 0 fully saturated rings. The van der Waals surface area contributed by atoms with Crippen molar-refractivity contribution in [3.8, 4) is 28.6 Å². The quantitative estimate of drug-likeness (QED) is 0.324. The molecule has 0 spiro atoms. The number of amides is 1. The number of anilines is 1. The van der Waals surface area contributed by atoms with Crippen LogP contribution in [0.4, 0.5) is 10.1 Å². The third-order valence-corrected chi connectivity index (χ3v) is 6.10. The van der Waals surface area contributed by atoms with Crippen molar-refractivity contribution in [2.75, 3.05) is 25.3 Å². The Morgan fingerprint density at radius 2 is 1.76 bits per heavy atom. The maximum absolute atomic E-state index is 14.7. The van der Waals surface area contributed by atoms with Gasteiger partial charge in [0.1, 0.15) is 5.82 Å². The van der Waals surface area contributed by atoms with E-state index in [0.717, 1.165) is 11.8 Å². The fourth-order valence-electron chi connectivity index (χ4n) is 3.27. The van der Waals surface area contributed by atoms with Crippen molar-refractivity contribution in [1.29, 1.82) is 0 Å². The average molecular weight is 499 g/mol. The summed E-state index contributed by atoms with van der Waals surface area (Å²) < 4.78 is 26.8. The Bertz CT molecular complexity index is 1330. The van der Waals surface area contributed by atoms with Crippen molar-refractivity contribution in [2.24, 2.45) is 0 Å². The van der Waals surface area contributed by atoms with E-state index in [9.17, 15) is 9.18 Å². The van der Waals surface area contributed by atoms with Crippen molar-refractivity contribution in [2.45, 2.75) is 5.16 Å². The van der Waals surface area contributed by atoms with Crippen LogP contribution >= 0.6 is 23.4 Å². The van der Waals surface area contributed by atoms with Crippen LogP contribution in [0.2, 0.25) is 5.02 Å². The Morgan fingerprint density at radius 3 is 2.50 bits per heavy atom. The number of nitrogens with zero attached hydrogens (tertiary/aromatic N) is 3. The lowest BCUT2D eigenvalue weighted by Crippen LogP contribution is -2.14. The Kier molecular flexibility index (Phi) is 7.34. The van der Waals surface area contributed by atoms with Gasteiger partial charge >= 0.3 is 0 Å². The van der Waals surface area contributed by atoms with Crippen molar-refractivity contribution >= 4 is 35.0 Å². The molecule has 1 N–H and O–H groups in total. The zero-order chi connectivity index (χ0) is 24.1. The number of benzene rings is 3. The number of para-hydroxylation sites is 1. The van der Waals surface area contributed by atoms with Crippen LogP contribution in [0.1, 0.15) is 0 Å². The lowest BCUT2D eigenvalue weighted by Gasteiger charge is -2.12. The number of hydrogen-bond acceptors (Lipinski definition) is 6. The standard InChI is InChI=1S/C24H20ClFN4O3S/c1-32-20-12-11-15(13-21(20)33-2)27-22(31)14-34-24-29-28-23(16-7-3-4-8-17(16)25)30(24)19-10-6-5-9-18(19)26/h3-13H,14H2,1-2H3,(H,27,31). The van der Waals surface area contributed by atoms with Gasteiger partial charge in [-0.05, 0) is 36.4 Å². The Morgan fingerprint density at radius 1 is 1.03 bits per heavy atom. The van der Waals surface area contributed by atoms with E-state index in [2.05, 4.69) is 15.5 Å². The summed E-state index contributed by atoms with van der Waals surface area (Å²) in [6, 6.07) is 18.5. The highest BCUT2D eigenvalue weighted by Gasteiger charge is 2.21. The molecular weight excluding hydrogens is 479 g/mol. The first kappa shape index (κ1) is 23.6. The second kappa shape index (κ2) is 10.6. The Labute approximate surface area is 204 Å². The number of aromatic nitrogens is 3. The molecule has 0 aliphatic heterocycles. The molecule has 0 aliphatic rings. The summed E-state index contributed by atoms with van der Waals surface area (Å²) in [6.45, 7) is 0. The van der Waals surface area contributed by atoms with Crippen LogP contribution < -0.4 is 14.8 Å². The van der Waals surface area contributed by atoms with E-state index in [1.54, 1.807) is 59.2 Å². The van der Waals surface area contributed by atoms with Crippen LogP contribution in [-0.2, 0) is 4.79 Å². The molecule has 0 bridgehead atoms. The van der Waals surface area contributed by atoms with Gasteiger partial charge in [0.05, 0.1) is 30.7 Å². The molecule has 0 saturated heterocycles. The zero-order valence-electron chi connectivity index (χ0n) is 18.3. The summed E-state index contributed by atoms with van der Waals surface area (Å²) in [6.07, 6.45) is 0. The molecule has 1 aromatic heterocycles. The molecule has 4 aromatic rings. The van der Waals surface area contributed by atoms with Gasteiger partial charge in [-0.25, -0.2) is 4.39 Å². The molecule has 1 amide bonds. The minimum Gasteiger partial charge on any atom is -0.493 e. The highest BCUT2D eigenvalue weighted by atomic mass is 35.5. The molecule has 4 rings (SSSR count). The fourth-order valence-corrected chi connectivity index (χ4v) is 4.24. The van der Waals surface area contributed by atoms with E-state index in [1.807, 2.05) is 6.07 Å². The SMILES string of the molecule is COc1ccc(NC(=O)CSc2nnc(-c3ccccc3Cl)n2-c2ccccc2F)cc1OC. The maximum Gasteiger partial charge on any atom is 0.234 e. The first-order valence-electron chi connectivity index (χ1n) is 10.1. The minimum atomic E-state index is -0.452. The van der Waals surface area contributed by atoms with E-state index in [4.69, 9.17) is 21.1 Å². The van der Waals surface area contributed by atoms with Gasteiger partial charge in [-0.2, -0.15) is 0 Å². The highest BCUT2D eigenvalue weighted by molar-refractivity contribution is 7.99. The number of halogens is 2. The van der Waals surface area contributed by atoms with Crippen LogP contribution in [0.3, 0.4) is 0 Å². The second-order valence-corrected chi connectivity index (χ2v) is 8.33. The molecule has 0 atom stereocenters. The number of thioether (sulfide) groups is 1. The van der Waals surface area contributed by atoms with Crippen molar-refractivity contribution in [1.82, 2.24) is 14.8 Å². The summed E-state index contributed by atoms with van der Waals surface area (Å²) >= 11 is 7.49. The summed E-state index contributed by atoms with van der Waals surface area (Å²) in [5.74, 6) is 0.714. The maximum atomic E-state index is 14.7. The number of rotatable bonds is 8. The van der Waals surface area contributed by atoms with Crippen molar-refractivity contribution < 1.29 is 18.7 Å². The van der Waals surface area contributed by atoms with Gasteiger partial charge in [-0.3, -0.25) is 9.36 Å². The van der Waals surface area contributed by atoms with Crippen LogP contribution in [0.15, 0.2) is 71.9 Å². The van der Waals surface area contributed by atoms with E-state index < -0.39 is 5.82 Å². The van der Waals surface area contributed by atoms with Gasteiger partial charge in [-0.1, -0.05) is 47.6 Å². The molecule has 3 aromatic carbocycles. The van der Waals surface area contributed by atoms with Crippen molar-refractivity contribution in [3.63, 3.8) is 0 Å². The Hall–Kier alpha value is -3.56. The molecule has 0 saturated carbocycles. The second-order valence-electron chi connectivity index (χ2n) is 6.98. The number of hydrogen-bond donors (Lipinski definition) is 1. The van der Waals surface area contributed by atoms with Crippen molar-refractivity contribution in [3.05, 3.63) is 77.6 Å². The van der Waals surface area contributed by atoms with Gasteiger partial charge in [0.15, 0.2) is 22.5 Å². The van der Waals surface area contributed by atoms with Crippen LogP contribution in [0.5, 0.6) is 11.5 Å². The Balaban J connectivity index is 1.60. The molecule has 174 valence electrons. The topological polar surface area (TPSA) is 78.3 Å². The molecular formula is C24H20ClFN4O3S. The van der Waals surface area contributed by atoms with E-state index in [0.29, 0.717) is 38.8 Å². The lowest BCUT2D eigenvalue weighted by molar-refractivity contribution is -0.113. The number of carbonyl (C=O) groups is 1. The van der Waals surface area contributed by atoms with Crippen LogP contribution in [0, 0.1) is 5.82 Å². The predicted octanol–water partition coefficient (Wildman–Crippen LogP) is 5.47. The van der Waals surface area contributed by atoms with E-state index in [-0.39, 0.29) is 17.3 Å². The van der Waals surface area contributed by atoms with Crippen LogP contribution in [0.25, 0.3) is 17.1 Å². The molecule has 0 radical (unpaired) electrons. The smallest absolute Gasteiger partial charge is 0.234 e. The normalized spacial score (nSPS) is 10.7. The molecule has 34 heavy (non-hydrogen) atoms. The first-order valence-corrected chi connectivity index (χ1v) is 11.5. The number of methoxy groups -OCH3 is 2. The van der Waals surface area contributed by atoms with Gasteiger partial charge in [0.25, 0.3) is 0 Å². The highest BCUT2D eigenvalue weighted by Crippen LogP contribution is 2.33. The summed E-state index contributed by atoms with van der Waals surface area (Å²) in [5, 5.41) is 12.1. The van der Waals surface area contributed by atoms with Gasteiger partial charge in [0, 0.05) is 17.3 Å². The van der Waals surface area contributed by atoms with Gasteiger partial charge in [-0.15, -0.1) is 10.2 Å². The summed E-state index contributed by atoms with van der Waals surface area (Å²) in [5.41, 5.74) is 1.40. The number of ether oxygens (including phenoxy) is 2. The summed E-state index contributed by atoms with van der Waals surface area (Å²) in [4.78, 5) is 12.6.